The molecule has 6 heteroatoms. The van der Waals surface area contributed by atoms with Gasteiger partial charge in [-0.05, 0) is 41.8 Å². The maximum absolute atomic E-state index is 12.4. The van der Waals surface area contributed by atoms with Crippen molar-refractivity contribution in [3.05, 3.63) is 28.5 Å². The zero-order valence-electron chi connectivity index (χ0n) is 10.7. The zero-order chi connectivity index (χ0) is 14.0. The predicted molar refractivity (Wildman–Crippen MR) is 74.4 cm³/mol. The molecule has 2 heterocycles. The second-order valence-electron chi connectivity index (χ2n) is 4.88. The van der Waals surface area contributed by atoms with Crippen molar-refractivity contribution in [1.82, 2.24) is 9.88 Å². The molecule has 2 amide bonds. The van der Waals surface area contributed by atoms with Crippen LogP contribution in [0.15, 0.2) is 22.9 Å². The fraction of sp³-hybridized carbons (Fsp3) is 0.462. The van der Waals surface area contributed by atoms with Crippen molar-refractivity contribution >= 4 is 27.7 Å². The van der Waals surface area contributed by atoms with Crippen LogP contribution in [0.25, 0.3) is 0 Å². The zero-order valence-corrected chi connectivity index (χ0v) is 12.3. The fourth-order valence-corrected chi connectivity index (χ4v) is 2.68. The number of primary amides is 1. The van der Waals surface area contributed by atoms with Crippen LogP contribution in [0.1, 0.15) is 30.1 Å². The van der Waals surface area contributed by atoms with Crippen LogP contribution in [0.5, 0.6) is 0 Å². The topological polar surface area (TPSA) is 76.3 Å². The fourth-order valence-electron chi connectivity index (χ4n) is 2.32. The van der Waals surface area contributed by atoms with Gasteiger partial charge in [0.1, 0.15) is 0 Å². The maximum atomic E-state index is 12.4. The summed E-state index contributed by atoms with van der Waals surface area (Å²) >= 11 is 3.30. The van der Waals surface area contributed by atoms with Gasteiger partial charge in [-0.25, -0.2) is 0 Å². The van der Waals surface area contributed by atoms with Crippen molar-refractivity contribution in [3.8, 4) is 0 Å². The van der Waals surface area contributed by atoms with E-state index >= 15 is 0 Å². The Morgan fingerprint density at radius 2 is 2.16 bits per heavy atom. The quantitative estimate of drug-likeness (QED) is 0.896. The first-order chi connectivity index (χ1) is 8.99. The van der Waals surface area contributed by atoms with Gasteiger partial charge in [0.2, 0.25) is 5.91 Å². The third-order valence-corrected chi connectivity index (χ3v) is 3.93. The second kappa shape index (κ2) is 5.69. The first-order valence-corrected chi connectivity index (χ1v) is 6.99. The highest BCUT2D eigenvalue weighted by Crippen LogP contribution is 2.24. The summed E-state index contributed by atoms with van der Waals surface area (Å²) in [7, 11) is 0. The highest BCUT2D eigenvalue weighted by atomic mass is 79.9. The summed E-state index contributed by atoms with van der Waals surface area (Å²) in [6, 6.07) is 1.85. The third-order valence-electron chi connectivity index (χ3n) is 3.50. The van der Waals surface area contributed by atoms with Crippen molar-refractivity contribution < 1.29 is 9.59 Å². The minimum Gasteiger partial charge on any atom is -0.369 e. The number of likely N-dealkylation sites (tertiary alicyclic amines) is 1. The maximum Gasteiger partial charge on any atom is 0.255 e. The Kier molecular flexibility index (Phi) is 4.19. The molecule has 0 radical (unpaired) electrons. The number of nitrogens with zero attached hydrogens (tertiary/aromatic N) is 2. The highest BCUT2D eigenvalue weighted by Gasteiger charge is 2.32. The number of carbonyl (C=O) groups excluding carboxylic acids is 2. The monoisotopic (exact) mass is 325 g/mol. The number of carbonyl (C=O) groups is 2. The third kappa shape index (κ3) is 3.12. The van der Waals surface area contributed by atoms with Crippen molar-refractivity contribution in [2.45, 2.75) is 25.8 Å². The molecule has 1 fully saturated rings. The summed E-state index contributed by atoms with van der Waals surface area (Å²) in [5, 5.41) is 0. The largest absolute Gasteiger partial charge is 0.369 e. The summed E-state index contributed by atoms with van der Waals surface area (Å²) in [4.78, 5) is 29.4. The molecule has 19 heavy (non-hydrogen) atoms. The number of pyridine rings is 1. The predicted octanol–water partition coefficient (Wildman–Crippen LogP) is 1.57. The van der Waals surface area contributed by atoms with E-state index in [1.807, 2.05) is 6.92 Å². The second-order valence-corrected chi connectivity index (χ2v) is 5.79. The van der Waals surface area contributed by atoms with Crippen LogP contribution in [0, 0.1) is 5.92 Å². The van der Waals surface area contributed by atoms with E-state index in [1.54, 1.807) is 17.2 Å². The van der Waals surface area contributed by atoms with Crippen LogP contribution >= 0.6 is 15.9 Å². The molecule has 0 spiro atoms. The van der Waals surface area contributed by atoms with E-state index in [1.165, 1.54) is 6.20 Å². The number of hydrogen-bond donors (Lipinski definition) is 1. The molecule has 0 aromatic carbocycles. The van der Waals surface area contributed by atoms with Crippen LogP contribution in [0.4, 0.5) is 0 Å². The van der Waals surface area contributed by atoms with Gasteiger partial charge < -0.3 is 10.6 Å². The summed E-state index contributed by atoms with van der Waals surface area (Å²) in [5.74, 6) is -0.690. The average molecular weight is 326 g/mol. The van der Waals surface area contributed by atoms with Gasteiger partial charge in [0.05, 0.1) is 11.5 Å². The van der Waals surface area contributed by atoms with Gasteiger partial charge in [0, 0.05) is 29.5 Å². The normalized spacial score (nSPS) is 23.2. The van der Waals surface area contributed by atoms with Crippen molar-refractivity contribution in [1.29, 1.82) is 0 Å². The molecule has 1 aliphatic heterocycles. The first kappa shape index (κ1) is 14.0. The lowest BCUT2D eigenvalue weighted by molar-refractivity contribution is -0.123. The van der Waals surface area contributed by atoms with Crippen molar-refractivity contribution in [2.75, 3.05) is 6.54 Å². The van der Waals surface area contributed by atoms with Crippen LogP contribution in [-0.4, -0.2) is 34.3 Å². The highest BCUT2D eigenvalue weighted by molar-refractivity contribution is 9.10. The molecule has 1 aromatic heterocycles. The molecular formula is C13H16BrN3O2. The van der Waals surface area contributed by atoms with E-state index in [9.17, 15) is 9.59 Å². The van der Waals surface area contributed by atoms with Crippen LogP contribution < -0.4 is 5.73 Å². The lowest BCUT2D eigenvalue weighted by atomic mass is 9.92. The van der Waals surface area contributed by atoms with Crippen molar-refractivity contribution in [3.63, 3.8) is 0 Å². The van der Waals surface area contributed by atoms with Gasteiger partial charge in [-0.2, -0.15) is 0 Å². The molecule has 2 rings (SSSR count). The number of piperidine rings is 1. The standard InChI is InChI=1S/C13H16BrN3O2/c1-8-2-3-9(12(15)18)7-17(8)13(19)10-4-11(14)6-16-5-10/h4-6,8-9H,2-3,7H2,1H3,(H2,15,18)/t8-,9+/m1/s1. The molecule has 1 aliphatic rings. The Bertz CT molecular complexity index is 506. The molecular weight excluding hydrogens is 310 g/mol. The number of amides is 2. The Hall–Kier alpha value is -1.43. The van der Waals surface area contributed by atoms with Crippen LogP contribution in [0.2, 0.25) is 0 Å². The number of hydrogen-bond acceptors (Lipinski definition) is 3. The lowest BCUT2D eigenvalue weighted by Crippen LogP contribution is -2.48. The van der Waals surface area contributed by atoms with E-state index in [0.717, 1.165) is 17.3 Å². The SMILES string of the molecule is C[C@@H]1CC[C@H](C(N)=O)CN1C(=O)c1cncc(Br)c1. The molecule has 102 valence electrons. The first-order valence-electron chi connectivity index (χ1n) is 6.20. The number of rotatable bonds is 2. The molecule has 0 bridgehead atoms. The van der Waals surface area contributed by atoms with Crippen LogP contribution in [0.3, 0.4) is 0 Å². The van der Waals surface area contributed by atoms with Crippen molar-refractivity contribution in [2.24, 2.45) is 11.7 Å². The Labute approximate surface area is 120 Å². The molecule has 0 aliphatic carbocycles. The molecule has 1 saturated heterocycles. The van der Waals surface area contributed by atoms with Gasteiger partial charge in [0.25, 0.3) is 5.91 Å². The minimum atomic E-state index is -0.336. The molecule has 2 atom stereocenters. The van der Waals surface area contributed by atoms with Crippen LogP contribution in [-0.2, 0) is 4.79 Å². The smallest absolute Gasteiger partial charge is 0.255 e. The molecule has 0 unspecified atom stereocenters. The molecule has 0 saturated carbocycles. The number of nitrogens with two attached hydrogens (primary N) is 1. The van der Waals surface area contributed by atoms with Gasteiger partial charge in [-0.15, -0.1) is 0 Å². The van der Waals surface area contributed by atoms with E-state index in [2.05, 4.69) is 20.9 Å². The lowest BCUT2D eigenvalue weighted by Gasteiger charge is -2.36. The Balaban J connectivity index is 2.19. The summed E-state index contributed by atoms with van der Waals surface area (Å²) < 4.78 is 0.759. The minimum absolute atomic E-state index is 0.104. The summed E-state index contributed by atoms with van der Waals surface area (Å²) in [6.45, 7) is 2.38. The number of aromatic nitrogens is 1. The van der Waals surface area contributed by atoms with E-state index in [0.29, 0.717) is 12.1 Å². The Morgan fingerprint density at radius 3 is 2.79 bits per heavy atom. The van der Waals surface area contributed by atoms with E-state index in [4.69, 9.17) is 5.73 Å². The van der Waals surface area contributed by atoms with Gasteiger partial charge in [0.15, 0.2) is 0 Å². The van der Waals surface area contributed by atoms with Gasteiger partial charge >= 0.3 is 0 Å². The molecule has 2 N–H and O–H groups in total. The molecule has 5 nitrogen and oxygen atoms in total. The van der Waals surface area contributed by atoms with Gasteiger partial charge in [-0.3, -0.25) is 14.6 Å². The molecule has 1 aromatic rings. The van der Waals surface area contributed by atoms with E-state index in [-0.39, 0.29) is 23.8 Å². The Morgan fingerprint density at radius 1 is 1.42 bits per heavy atom. The summed E-state index contributed by atoms with van der Waals surface area (Å²) in [5.41, 5.74) is 5.86. The average Bonchev–Trinajstić information content (AvgIpc) is 2.38. The summed E-state index contributed by atoms with van der Waals surface area (Å²) in [6.07, 6.45) is 4.70. The van der Waals surface area contributed by atoms with Gasteiger partial charge in [-0.1, -0.05) is 0 Å². The number of halogens is 1. The van der Waals surface area contributed by atoms with E-state index < -0.39 is 0 Å².